The predicted octanol–water partition coefficient (Wildman–Crippen LogP) is 2.23. The zero-order valence-corrected chi connectivity index (χ0v) is 8.42. The smallest absolute Gasteiger partial charge is 0.159 e. The number of carbonyl (C=O) groups excluding carboxylic acids is 1. The highest BCUT2D eigenvalue weighted by Gasteiger charge is 2.17. The molecule has 1 aliphatic carbocycles. The maximum absolute atomic E-state index is 11.2. The van der Waals surface area contributed by atoms with Gasteiger partial charge < -0.3 is 5.73 Å². The first-order chi connectivity index (χ1) is 6.68. The van der Waals surface area contributed by atoms with E-state index >= 15 is 0 Å². The topological polar surface area (TPSA) is 43.1 Å². The third-order valence-electron chi connectivity index (χ3n) is 2.91. The maximum Gasteiger partial charge on any atom is 0.159 e. The molecule has 0 aliphatic heterocycles. The fourth-order valence-electron chi connectivity index (χ4n) is 2.07. The quantitative estimate of drug-likeness (QED) is 0.688. The second-order valence-corrected chi connectivity index (χ2v) is 3.97. The molecule has 2 heteroatoms. The van der Waals surface area contributed by atoms with E-state index in [9.17, 15) is 4.79 Å². The zero-order chi connectivity index (χ0) is 10.1. The Morgan fingerprint density at radius 1 is 1.50 bits per heavy atom. The molecule has 1 aromatic rings. The number of rotatable bonds is 1. The van der Waals surface area contributed by atoms with Gasteiger partial charge in [-0.05, 0) is 43.4 Å². The molecule has 2 N–H and O–H groups in total. The maximum atomic E-state index is 11.2. The molecule has 0 fully saturated rings. The van der Waals surface area contributed by atoms with E-state index in [-0.39, 0.29) is 11.8 Å². The zero-order valence-electron chi connectivity index (χ0n) is 8.42. The third-order valence-corrected chi connectivity index (χ3v) is 2.91. The number of benzene rings is 1. The molecule has 2 nitrogen and oxygen atoms in total. The van der Waals surface area contributed by atoms with E-state index in [0.717, 1.165) is 24.8 Å². The van der Waals surface area contributed by atoms with Crippen LogP contribution >= 0.6 is 0 Å². The molecular weight excluding hydrogens is 174 g/mol. The lowest BCUT2D eigenvalue weighted by molar-refractivity contribution is 0.101. The fourth-order valence-corrected chi connectivity index (χ4v) is 2.07. The molecule has 1 aliphatic rings. The molecule has 0 amide bonds. The Labute approximate surface area is 84.1 Å². The van der Waals surface area contributed by atoms with Crippen LogP contribution in [0.2, 0.25) is 0 Å². The lowest BCUT2D eigenvalue weighted by atomic mass is 9.87. The Morgan fingerprint density at radius 3 is 3.00 bits per heavy atom. The van der Waals surface area contributed by atoms with E-state index in [0.29, 0.717) is 0 Å². The molecule has 2 rings (SSSR count). The number of aryl methyl sites for hydroxylation is 1. The highest BCUT2D eigenvalue weighted by atomic mass is 16.1. The van der Waals surface area contributed by atoms with Crippen molar-refractivity contribution in [2.45, 2.75) is 32.2 Å². The van der Waals surface area contributed by atoms with E-state index in [1.165, 1.54) is 11.1 Å². The van der Waals surface area contributed by atoms with Crippen molar-refractivity contribution in [3.05, 3.63) is 34.9 Å². The van der Waals surface area contributed by atoms with Gasteiger partial charge in [0, 0.05) is 11.6 Å². The van der Waals surface area contributed by atoms with Crippen molar-refractivity contribution in [3.63, 3.8) is 0 Å². The van der Waals surface area contributed by atoms with Gasteiger partial charge in [-0.25, -0.2) is 0 Å². The average molecular weight is 189 g/mol. The van der Waals surface area contributed by atoms with Crippen molar-refractivity contribution in [1.29, 1.82) is 0 Å². The van der Waals surface area contributed by atoms with Crippen LogP contribution in [0, 0.1) is 0 Å². The first-order valence-electron chi connectivity index (χ1n) is 5.08. The van der Waals surface area contributed by atoms with Crippen molar-refractivity contribution >= 4 is 5.78 Å². The number of carbonyl (C=O) groups is 1. The highest BCUT2D eigenvalue weighted by Crippen LogP contribution is 2.28. The van der Waals surface area contributed by atoms with Gasteiger partial charge in [-0.2, -0.15) is 0 Å². The molecule has 14 heavy (non-hydrogen) atoms. The fraction of sp³-hybridized carbons (Fsp3) is 0.417. The third kappa shape index (κ3) is 1.58. The summed E-state index contributed by atoms with van der Waals surface area (Å²) in [5, 5.41) is 0. The van der Waals surface area contributed by atoms with Gasteiger partial charge in [0.15, 0.2) is 5.78 Å². The molecule has 0 heterocycles. The van der Waals surface area contributed by atoms with Gasteiger partial charge in [-0.15, -0.1) is 0 Å². The summed E-state index contributed by atoms with van der Waals surface area (Å²) in [7, 11) is 0. The van der Waals surface area contributed by atoms with Gasteiger partial charge in [-0.3, -0.25) is 4.79 Å². The minimum absolute atomic E-state index is 0.131. The van der Waals surface area contributed by atoms with Crippen LogP contribution in [0.1, 0.15) is 47.3 Å². The molecule has 1 aromatic carbocycles. The standard InChI is InChI=1S/C12H15NO/c1-8(14)9-5-6-11-10(7-9)3-2-4-12(11)13/h5-7,12H,2-4,13H2,1H3. The molecule has 0 spiro atoms. The number of Topliss-reactive ketones (excluding diaryl/α,β-unsaturated/α-hetero) is 1. The predicted molar refractivity (Wildman–Crippen MR) is 56.3 cm³/mol. The molecule has 0 radical (unpaired) electrons. The van der Waals surface area contributed by atoms with E-state index in [1.807, 2.05) is 18.2 Å². The second-order valence-electron chi connectivity index (χ2n) is 3.97. The lowest BCUT2D eigenvalue weighted by Gasteiger charge is -2.22. The highest BCUT2D eigenvalue weighted by molar-refractivity contribution is 5.94. The monoisotopic (exact) mass is 189 g/mol. The van der Waals surface area contributed by atoms with Gasteiger partial charge in [0.05, 0.1) is 0 Å². The summed E-state index contributed by atoms with van der Waals surface area (Å²) >= 11 is 0. The Bertz CT molecular complexity index is 371. The van der Waals surface area contributed by atoms with Gasteiger partial charge in [0.2, 0.25) is 0 Å². The minimum Gasteiger partial charge on any atom is -0.324 e. The summed E-state index contributed by atoms with van der Waals surface area (Å²) in [6, 6.07) is 6.05. The van der Waals surface area contributed by atoms with Crippen LogP contribution in [-0.4, -0.2) is 5.78 Å². The van der Waals surface area contributed by atoms with Gasteiger partial charge in [0.1, 0.15) is 0 Å². The Kier molecular flexibility index (Phi) is 2.38. The molecule has 1 unspecified atom stereocenters. The van der Waals surface area contributed by atoms with Crippen LogP contribution < -0.4 is 5.73 Å². The summed E-state index contributed by atoms with van der Waals surface area (Å²) < 4.78 is 0. The van der Waals surface area contributed by atoms with Crippen LogP contribution in [-0.2, 0) is 6.42 Å². The van der Waals surface area contributed by atoms with Crippen molar-refractivity contribution in [2.75, 3.05) is 0 Å². The van der Waals surface area contributed by atoms with Crippen molar-refractivity contribution in [3.8, 4) is 0 Å². The van der Waals surface area contributed by atoms with E-state index in [2.05, 4.69) is 0 Å². The normalized spacial score (nSPS) is 20.3. The summed E-state index contributed by atoms with van der Waals surface area (Å²) in [6.45, 7) is 1.60. The molecule has 0 saturated heterocycles. The first kappa shape index (κ1) is 9.41. The van der Waals surface area contributed by atoms with Crippen LogP contribution in [0.3, 0.4) is 0 Å². The van der Waals surface area contributed by atoms with Crippen molar-refractivity contribution < 1.29 is 4.79 Å². The van der Waals surface area contributed by atoms with E-state index in [1.54, 1.807) is 6.92 Å². The summed E-state index contributed by atoms with van der Waals surface area (Å²) in [5.74, 6) is 0.131. The van der Waals surface area contributed by atoms with E-state index in [4.69, 9.17) is 5.73 Å². The Hall–Kier alpha value is -1.15. The van der Waals surface area contributed by atoms with Gasteiger partial charge in [-0.1, -0.05) is 12.1 Å². The van der Waals surface area contributed by atoms with Crippen LogP contribution in [0.15, 0.2) is 18.2 Å². The molecular formula is C12H15NO. The lowest BCUT2D eigenvalue weighted by Crippen LogP contribution is -2.17. The first-order valence-corrected chi connectivity index (χ1v) is 5.08. The molecule has 1 atom stereocenters. The Morgan fingerprint density at radius 2 is 2.29 bits per heavy atom. The Balaban J connectivity index is 2.44. The SMILES string of the molecule is CC(=O)c1ccc2c(c1)CCCC2N. The number of fused-ring (bicyclic) bond motifs is 1. The van der Waals surface area contributed by atoms with Crippen LogP contribution in [0.4, 0.5) is 0 Å². The molecule has 74 valence electrons. The number of ketones is 1. The molecule has 0 bridgehead atoms. The number of hydrogen-bond donors (Lipinski definition) is 1. The largest absolute Gasteiger partial charge is 0.324 e. The van der Waals surface area contributed by atoms with Gasteiger partial charge >= 0.3 is 0 Å². The molecule has 0 aromatic heterocycles. The summed E-state index contributed by atoms with van der Waals surface area (Å²) in [4.78, 5) is 11.2. The van der Waals surface area contributed by atoms with Crippen LogP contribution in [0.5, 0.6) is 0 Å². The summed E-state index contributed by atoms with van der Waals surface area (Å²) in [6.07, 6.45) is 3.26. The second kappa shape index (κ2) is 3.54. The average Bonchev–Trinajstić information content (AvgIpc) is 2.17. The van der Waals surface area contributed by atoms with Crippen molar-refractivity contribution in [1.82, 2.24) is 0 Å². The number of hydrogen-bond acceptors (Lipinski definition) is 2. The number of nitrogens with two attached hydrogens (primary N) is 1. The van der Waals surface area contributed by atoms with E-state index < -0.39 is 0 Å². The van der Waals surface area contributed by atoms with Gasteiger partial charge in [0.25, 0.3) is 0 Å². The van der Waals surface area contributed by atoms with Crippen LogP contribution in [0.25, 0.3) is 0 Å². The molecule has 0 saturated carbocycles. The van der Waals surface area contributed by atoms with Crippen molar-refractivity contribution in [2.24, 2.45) is 5.73 Å². The minimum atomic E-state index is 0.131. The summed E-state index contributed by atoms with van der Waals surface area (Å²) in [5.41, 5.74) is 9.28.